The molecular weight excluding hydrogens is 376 g/mol. The molecule has 4 rings (SSSR count). The molecule has 1 N–H and O–H groups in total. The van der Waals surface area contributed by atoms with E-state index in [0.717, 1.165) is 39.2 Å². The number of aryl methyl sites for hydroxylation is 1. The van der Waals surface area contributed by atoms with Gasteiger partial charge in [0, 0.05) is 22.7 Å². The average Bonchev–Trinajstić information content (AvgIpc) is 2.79. The number of amides is 1. The molecule has 4 aromatic rings. The summed E-state index contributed by atoms with van der Waals surface area (Å²) >= 11 is 0. The Bertz CT molecular complexity index is 1170. The molecule has 0 bridgehead atoms. The van der Waals surface area contributed by atoms with Crippen molar-refractivity contribution in [2.45, 2.75) is 6.92 Å². The van der Waals surface area contributed by atoms with E-state index in [4.69, 9.17) is 14.5 Å². The van der Waals surface area contributed by atoms with Gasteiger partial charge in [-0.3, -0.25) is 4.79 Å². The van der Waals surface area contributed by atoms with E-state index in [1.54, 1.807) is 7.11 Å². The standard InChI is InChI=1S/C25H22N2O3/c1-17-7-11-19(12-8-17)26-25(28)16-30-24-15-23(18-9-13-20(29-2)14-10-18)27-22-6-4-3-5-21(22)24/h3-15H,16H2,1-2H3,(H,26,28). The Morgan fingerprint density at radius 3 is 2.43 bits per heavy atom. The minimum absolute atomic E-state index is 0.0933. The summed E-state index contributed by atoms with van der Waals surface area (Å²) in [5, 5.41) is 3.71. The summed E-state index contributed by atoms with van der Waals surface area (Å²) in [6, 6.07) is 24.9. The van der Waals surface area contributed by atoms with Crippen molar-refractivity contribution in [1.82, 2.24) is 4.98 Å². The van der Waals surface area contributed by atoms with E-state index in [9.17, 15) is 4.79 Å². The number of benzene rings is 3. The van der Waals surface area contributed by atoms with E-state index in [2.05, 4.69) is 5.32 Å². The van der Waals surface area contributed by atoms with Crippen LogP contribution in [0, 0.1) is 6.92 Å². The summed E-state index contributed by atoms with van der Waals surface area (Å²) in [6.45, 7) is 1.91. The van der Waals surface area contributed by atoms with Gasteiger partial charge >= 0.3 is 0 Å². The Labute approximate surface area is 175 Å². The highest BCUT2D eigenvalue weighted by Gasteiger charge is 2.11. The number of rotatable bonds is 6. The monoisotopic (exact) mass is 398 g/mol. The third-order valence-corrected chi connectivity index (χ3v) is 4.76. The molecule has 5 nitrogen and oxygen atoms in total. The normalized spacial score (nSPS) is 10.6. The van der Waals surface area contributed by atoms with E-state index < -0.39 is 0 Å². The summed E-state index contributed by atoms with van der Waals surface area (Å²) in [4.78, 5) is 17.1. The number of para-hydroxylation sites is 1. The number of nitrogens with zero attached hydrogens (tertiary/aromatic N) is 1. The molecule has 0 aliphatic heterocycles. The molecule has 0 atom stereocenters. The van der Waals surface area contributed by atoms with Gasteiger partial charge in [-0.25, -0.2) is 4.98 Å². The molecule has 0 aliphatic rings. The lowest BCUT2D eigenvalue weighted by molar-refractivity contribution is -0.118. The van der Waals surface area contributed by atoms with Gasteiger partial charge in [-0.15, -0.1) is 0 Å². The van der Waals surface area contributed by atoms with Gasteiger partial charge in [0.15, 0.2) is 6.61 Å². The first-order chi connectivity index (χ1) is 14.6. The maximum atomic E-state index is 12.4. The van der Waals surface area contributed by atoms with Crippen LogP contribution in [-0.4, -0.2) is 24.6 Å². The molecule has 150 valence electrons. The number of hydrogen-bond donors (Lipinski definition) is 1. The average molecular weight is 398 g/mol. The number of hydrogen-bond acceptors (Lipinski definition) is 4. The number of anilines is 1. The van der Waals surface area contributed by atoms with Crippen molar-refractivity contribution in [2.75, 3.05) is 19.0 Å². The smallest absolute Gasteiger partial charge is 0.262 e. The van der Waals surface area contributed by atoms with Crippen molar-refractivity contribution in [3.8, 4) is 22.8 Å². The Balaban J connectivity index is 1.57. The number of methoxy groups -OCH3 is 1. The van der Waals surface area contributed by atoms with Crippen LogP contribution in [-0.2, 0) is 4.79 Å². The fourth-order valence-corrected chi connectivity index (χ4v) is 3.15. The van der Waals surface area contributed by atoms with Gasteiger partial charge in [0.2, 0.25) is 0 Å². The van der Waals surface area contributed by atoms with E-state index in [0.29, 0.717) is 5.75 Å². The van der Waals surface area contributed by atoms with Crippen LogP contribution >= 0.6 is 0 Å². The highest BCUT2D eigenvalue weighted by molar-refractivity contribution is 5.93. The Kier molecular flexibility index (Phi) is 5.61. The molecule has 0 radical (unpaired) electrons. The molecule has 0 unspecified atom stereocenters. The van der Waals surface area contributed by atoms with Crippen molar-refractivity contribution in [3.05, 3.63) is 84.4 Å². The number of ether oxygens (including phenoxy) is 2. The number of carbonyl (C=O) groups is 1. The maximum Gasteiger partial charge on any atom is 0.262 e. The van der Waals surface area contributed by atoms with Gasteiger partial charge in [-0.2, -0.15) is 0 Å². The van der Waals surface area contributed by atoms with Gasteiger partial charge in [0.1, 0.15) is 11.5 Å². The molecule has 0 saturated carbocycles. The third kappa shape index (κ3) is 4.41. The number of aromatic nitrogens is 1. The van der Waals surface area contributed by atoms with Gasteiger partial charge < -0.3 is 14.8 Å². The first-order valence-electron chi connectivity index (χ1n) is 9.66. The fraction of sp³-hybridized carbons (Fsp3) is 0.120. The second kappa shape index (κ2) is 8.66. The molecular formula is C25H22N2O3. The summed E-state index contributed by atoms with van der Waals surface area (Å²) in [5.41, 5.74) is 4.40. The van der Waals surface area contributed by atoms with Gasteiger partial charge in [-0.05, 0) is 55.5 Å². The lowest BCUT2D eigenvalue weighted by atomic mass is 10.1. The van der Waals surface area contributed by atoms with Crippen LogP contribution in [0.3, 0.4) is 0 Å². The van der Waals surface area contributed by atoms with Crippen molar-refractivity contribution < 1.29 is 14.3 Å². The van der Waals surface area contributed by atoms with Crippen molar-refractivity contribution >= 4 is 22.5 Å². The van der Waals surface area contributed by atoms with Crippen LogP contribution < -0.4 is 14.8 Å². The van der Waals surface area contributed by atoms with Crippen LogP contribution in [0.4, 0.5) is 5.69 Å². The maximum absolute atomic E-state index is 12.4. The van der Waals surface area contributed by atoms with Crippen LogP contribution in [0.2, 0.25) is 0 Å². The first kappa shape index (κ1) is 19.5. The molecule has 5 heteroatoms. The van der Waals surface area contributed by atoms with E-state index in [-0.39, 0.29) is 12.5 Å². The van der Waals surface area contributed by atoms with Crippen molar-refractivity contribution in [3.63, 3.8) is 0 Å². The third-order valence-electron chi connectivity index (χ3n) is 4.76. The zero-order valence-corrected chi connectivity index (χ0v) is 16.9. The van der Waals surface area contributed by atoms with E-state index >= 15 is 0 Å². The number of carbonyl (C=O) groups excluding carboxylic acids is 1. The summed E-state index contributed by atoms with van der Waals surface area (Å²) in [7, 11) is 1.64. The SMILES string of the molecule is COc1ccc(-c2cc(OCC(=O)Nc3ccc(C)cc3)c3ccccc3n2)cc1. The Hall–Kier alpha value is -3.86. The fourth-order valence-electron chi connectivity index (χ4n) is 3.15. The van der Waals surface area contributed by atoms with Crippen LogP contribution in [0.1, 0.15) is 5.56 Å². The molecule has 0 saturated heterocycles. The van der Waals surface area contributed by atoms with Crippen molar-refractivity contribution in [2.24, 2.45) is 0 Å². The zero-order chi connectivity index (χ0) is 20.9. The molecule has 1 amide bonds. The molecule has 1 heterocycles. The summed E-state index contributed by atoms with van der Waals surface area (Å²) < 4.78 is 11.1. The van der Waals surface area contributed by atoms with Gasteiger partial charge in [-0.1, -0.05) is 29.8 Å². The molecule has 30 heavy (non-hydrogen) atoms. The van der Waals surface area contributed by atoms with E-state index in [1.807, 2.05) is 85.8 Å². The van der Waals surface area contributed by atoms with Crippen molar-refractivity contribution in [1.29, 1.82) is 0 Å². The lowest BCUT2D eigenvalue weighted by Gasteiger charge is -2.12. The Morgan fingerprint density at radius 2 is 1.70 bits per heavy atom. The first-order valence-corrected chi connectivity index (χ1v) is 9.66. The largest absolute Gasteiger partial charge is 0.497 e. The molecule has 3 aromatic carbocycles. The highest BCUT2D eigenvalue weighted by Crippen LogP contribution is 2.30. The summed E-state index contributed by atoms with van der Waals surface area (Å²) in [5.74, 6) is 1.18. The van der Waals surface area contributed by atoms with Gasteiger partial charge in [0.25, 0.3) is 5.91 Å². The molecule has 0 fully saturated rings. The van der Waals surface area contributed by atoms with Crippen LogP contribution in [0.15, 0.2) is 78.9 Å². The Morgan fingerprint density at radius 1 is 0.967 bits per heavy atom. The number of nitrogens with one attached hydrogen (secondary N) is 1. The predicted octanol–water partition coefficient (Wildman–Crippen LogP) is 5.24. The summed E-state index contributed by atoms with van der Waals surface area (Å²) in [6.07, 6.45) is 0. The minimum atomic E-state index is -0.217. The predicted molar refractivity (Wildman–Crippen MR) is 119 cm³/mol. The minimum Gasteiger partial charge on any atom is -0.497 e. The molecule has 0 aliphatic carbocycles. The lowest BCUT2D eigenvalue weighted by Crippen LogP contribution is -2.20. The molecule has 1 aromatic heterocycles. The highest BCUT2D eigenvalue weighted by atomic mass is 16.5. The van der Waals surface area contributed by atoms with Crippen LogP contribution in [0.5, 0.6) is 11.5 Å². The topological polar surface area (TPSA) is 60.5 Å². The van der Waals surface area contributed by atoms with Crippen LogP contribution in [0.25, 0.3) is 22.2 Å². The zero-order valence-electron chi connectivity index (χ0n) is 16.9. The number of fused-ring (bicyclic) bond motifs is 1. The molecule has 0 spiro atoms. The second-order valence-electron chi connectivity index (χ2n) is 6.95. The second-order valence-corrected chi connectivity index (χ2v) is 6.95. The van der Waals surface area contributed by atoms with Gasteiger partial charge in [0.05, 0.1) is 18.3 Å². The van der Waals surface area contributed by atoms with E-state index in [1.165, 1.54) is 0 Å². The quantitative estimate of drug-likeness (QED) is 0.483. The number of pyridine rings is 1.